The Hall–Kier alpha value is -5.09. The Bertz CT molecular complexity index is 1490. The number of carbonyl (C=O) groups is 4. The molecule has 0 aliphatic carbocycles. The first kappa shape index (κ1) is 28.4. The van der Waals surface area contributed by atoms with Crippen LogP contribution in [0.5, 0.6) is 0 Å². The van der Waals surface area contributed by atoms with Gasteiger partial charge in [-0.2, -0.15) is 0 Å². The molecule has 2 fully saturated rings. The number of alkyl carbamates (subject to hydrolysis) is 1. The number of benzene rings is 1. The van der Waals surface area contributed by atoms with Gasteiger partial charge < -0.3 is 29.9 Å². The van der Waals surface area contributed by atoms with Crippen LogP contribution in [0, 0.1) is 11.6 Å². The largest absolute Gasteiger partial charge is 0.450 e. The minimum atomic E-state index is -0.881. The maximum atomic E-state index is 15.1. The number of nitrogens with one attached hydrogen (secondary N) is 2. The molecule has 17 heteroatoms. The number of carbonyl (C=O) groups excluding carboxylic acids is 4. The number of cyclic esters (lactones) is 1. The van der Waals surface area contributed by atoms with E-state index < -0.39 is 35.8 Å². The van der Waals surface area contributed by atoms with E-state index in [1.807, 2.05) is 0 Å². The summed E-state index contributed by atoms with van der Waals surface area (Å²) >= 11 is 0. The molecule has 42 heavy (non-hydrogen) atoms. The summed E-state index contributed by atoms with van der Waals surface area (Å²) in [6.07, 6.45) is 2.24. The van der Waals surface area contributed by atoms with Gasteiger partial charge >= 0.3 is 12.2 Å². The van der Waals surface area contributed by atoms with Crippen molar-refractivity contribution in [1.29, 1.82) is 0 Å². The number of ether oxygens (including phenoxy) is 2. The Balaban J connectivity index is 1.14. The van der Waals surface area contributed by atoms with Gasteiger partial charge in [-0.25, -0.2) is 18.4 Å². The molecule has 2 aliphatic rings. The van der Waals surface area contributed by atoms with Crippen LogP contribution in [-0.4, -0.2) is 107 Å². The molecule has 0 saturated carbocycles. The van der Waals surface area contributed by atoms with E-state index in [0.29, 0.717) is 5.65 Å². The average molecular weight is 588 g/mol. The van der Waals surface area contributed by atoms with Gasteiger partial charge in [-0.15, -0.1) is 10.2 Å². The zero-order valence-electron chi connectivity index (χ0n) is 22.5. The van der Waals surface area contributed by atoms with Crippen LogP contribution in [0.2, 0.25) is 0 Å². The van der Waals surface area contributed by atoms with Crippen molar-refractivity contribution in [2.75, 3.05) is 62.2 Å². The zero-order chi connectivity index (χ0) is 29.8. The van der Waals surface area contributed by atoms with E-state index in [-0.39, 0.29) is 75.5 Å². The van der Waals surface area contributed by atoms with Gasteiger partial charge in [0.25, 0.3) is 5.91 Å². The van der Waals surface area contributed by atoms with E-state index in [1.165, 1.54) is 32.8 Å². The molecule has 3 aromatic rings. The van der Waals surface area contributed by atoms with E-state index >= 15 is 8.78 Å². The minimum Gasteiger partial charge on any atom is -0.450 e. The van der Waals surface area contributed by atoms with Gasteiger partial charge in [-0.3, -0.25) is 23.9 Å². The van der Waals surface area contributed by atoms with Gasteiger partial charge in [0, 0.05) is 50.7 Å². The second-order valence-electron chi connectivity index (χ2n) is 9.35. The molecule has 2 aliphatic heterocycles. The minimum absolute atomic E-state index is 0.00507. The number of rotatable bonds is 8. The Morgan fingerprint density at radius 2 is 1.83 bits per heavy atom. The van der Waals surface area contributed by atoms with Crippen molar-refractivity contribution >= 4 is 41.0 Å². The Labute approximate surface area is 237 Å². The number of amides is 4. The van der Waals surface area contributed by atoms with Crippen molar-refractivity contribution < 1.29 is 37.4 Å². The smallest absolute Gasteiger partial charge is 0.414 e. The number of hydrogen-bond donors (Lipinski definition) is 2. The predicted molar refractivity (Wildman–Crippen MR) is 141 cm³/mol. The fourth-order valence-corrected chi connectivity index (χ4v) is 4.66. The molecule has 2 saturated heterocycles. The molecule has 5 rings (SSSR count). The Morgan fingerprint density at radius 3 is 2.55 bits per heavy atom. The van der Waals surface area contributed by atoms with Crippen LogP contribution in [0.3, 0.4) is 0 Å². The van der Waals surface area contributed by atoms with Gasteiger partial charge in [0.15, 0.2) is 17.3 Å². The van der Waals surface area contributed by atoms with E-state index in [0.717, 1.165) is 17.0 Å². The van der Waals surface area contributed by atoms with Gasteiger partial charge in [-0.05, 0) is 6.92 Å². The van der Waals surface area contributed by atoms with Crippen LogP contribution in [-0.2, 0) is 14.3 Å². The highest BCUT2D eigenvalue weighted by atomic mass is 19.1. The van der Waals surface area contributed by atoms with E-state index in [9.17, 15) is 19.2 Å². The van der Waals surface area contributed by atoms with Crippen LogP contribution in [0.1, 0.15) is 17.5 Å². The molecule has 0 spiro atoms. The third kappa shape index (κ3) is 5.98. The highest BCUT2D eigenvalue weighted by molar-refractivity contribution is 5.94. The number of aromatic nitrogens is 4. The monoisotopic (exact) mass is 587 g/mol. The molecule has 15 nitrogen and oxygen atoms in total. The summed E-state index contributed by atoms with van der Waals surface area (Å²) in [4.78, 5) is 56.9. The van der Waals surface area contributed by atoms with Crippen LogP contribution in [0.15, 0.2) is 30.7 Å². The quantitative estimate of drug-likeness (QED) is 0.381. The first-order valence-electron chi connectivity index (χ1n) is 13.1. The molecule has 2 N–H and O–H groups in total. The summed E-state index contributed by atoms with van der Waals surface area (Å²) in [6.45, 7) is 2.11. The number of nitrogens with zero attached hydrogens (tertiary/aromatic N) is 7. The SMILES string of the molecule is CCOC(=O)NC[C@H]1CN(c2cc(F)c(N3CCN(C(=O)CNC(=O)c4nnc5cnccn45)CC3)c(F)c2)C(=O)O1. The summed E-state index contributed by atoms with van der Waals surface area (Å²) in [7, 11) is 0. The van der Waals surface area contributed by atoms with Crippen molar-refractivity contribution in [2.45, 2.75) is 13.0 Å². The van der Waals surface area contributed by atoms with Crippen molar-refractivity contribution in [3.8, 4) is 0 Å². The summed E-state index contributed by atoms with van der Waals surface area (Å²) in [6, 6.07) is 2.08. The number of fused-ring (bicyclic) bond motifs is 1. The standard InChI is InChI=1S/C25H27F2N9O6/c1-2-41-24(39)30-11-16-14-36(25(40)42-16)15-9-17(26)21(18(27)10-15)34-7-5-33(6-8-34)20(37)13-29-23(38)22-32-31-19-12-28-3-4-35(19)22/h3-4,9-10,12,16H,2,5-8,11,13-14H2,1H3,(H,29,38)(H,30,39)/t16-/m0/s1. The van der Waals surface area contributed by atoms with Gasteiger partial charge in [0.1, 0.15) is 11.8 Å². The first-order valence-corrected chi connectivity index (χ1v) is 13.1. The maximum absolute atomic E-state index is 15.1. The van der Waals surface area contributed by atoms with E-state index in [2.05, 4.69) is 25.8 Å². The normalized spacial score (nSPS) is 16.9. The van der Waals surface area contributed by atoms with E-state index in [4.69, 9.17) is 9.47 Å². The summed E-state index contributed by atoms with van der Waals surface area (Å²) < 4.78 is 41.7. The number of piperazine rings is 1. The Morgan fingerprint density at radius 1 is 1.10 bits per heavy atom. The fourth-order valence-electron chi connectivity index (χ4n) is 4.66. The average Bonchev–Trinajstić information content (AvgIpc) is 3.58. The van der Waals surface area contributed by atoms with Crippen LogP contribution in [0.4, 0.5) is 29.7 Å². The topological polar surface area (TPSA) is 164 Å². The molecule has 0 bridgehead atoms. The summed E-state index contributed by atoms with van der Waals surface area (Å²) in [5.41, 5.74) is 0.0737. The van der Waals surface area contributed by atoms with Crippen LogP contribution in [0.25, 0.3) is 5.65 Å². The molecule has 222 valence electrons. The fraction of sp³-hybridized carbons (Fsp3) is 0.400. The van der Waals surface area contributed by atoms with Crippen molar-refractivity contribution in [2.24, 2.45) is 0 Å². The molecular formula is C25H27F2N9O6. The number of anilines is 2. The molecule has 4 heterocycles. The molecule has 0 radical (unpaired) electrons. The molecule has 0 unspecified atom stereocenters. The van der Waals surface area contributed by atoms with Gasteiger partial charge in [0.05, 0.1) is 38.1 Å². The molecule has 2 aromatic heterocycles. The molecule has 1 aromatic carbocycles. The highest BCUT2D eigenvalue weighted by Crippen LogP contribution is 2.31. The lowest BCUT2D eigenvalue weighted by Crippen LogP contribution is -2.51. The second kappa shape index (κ2) is 12.2. The lowest BCUT2D eigenvalue weighted by molar-refractivity contribution is -0.130. The van der Waals surface area contributed by atoms with E-state index in [1.54, 1.807) is 6.92 Å². The van der Waals surface area contributed by atoms with Gasteiger partial charge in [-0.1, -0.05) is 0 Å². The van der Waals surface area contributed by atoms with Crippen molar-refractivity contribution in [3.63, 3.8) is 0 Å². The third-order valence-corrected chi connectivity index (χ3v) is 6.70. The molecule has 4 amide bonds. The summed E-state index contributed by atoms with van der Waals surface area (Å²) in [5.74, 6) is -2.71. The summed E-state index contributed by atoms with van der Waals surface area (Å²) in [5, 5.41) is 12.6. The zero-order valence-corrected chi connectivity index (χ0v) is 22.5. The Kier molecular flexibility index (Phi) is 8.26. The lowest BCUT2D eigenvalue weighted by Gasteiger charge is -2.36. The maximum Gasteiger partial charge on any atom is 0.414 e. The van der Waals surface area contributed by atoms with Crippen LogP contribution < -0.4 is 20.4 Å². The predicted octanol–water partition coefficient (Wildman–Crippen LogP) is 0.552. The third-order valence-electron chi connectivity index (χ3n) is 6.70. The lowest BCUT2D eigenvalue weighted by atomic mass is 10.2. The van der Waals surface area contributed by atoms with Crippen molar-refractivity contribution in [3.05, 3.63) is 48.2 Å². The van der Waals surface area contributed by atoms with Gasteiger partial charge in [0.2, 0.25) is 11.7 Å². The first-order chi connectivity index (χ1) is 20.2. The molecular weight excluding hydrogens is 560 g/mol. The van der Waals surface area contributed by atoms with Crippen molar-refractivity contribution in [1.82, 2.24) is 35.1 Å². The highest BCUT2D eigenvalue weighted by Gasteiger charge is 2.34. The number of hydrogen-bond acceptors (Lipinski definition) is 10. The molecule has 1 atom stereocenters. The second-order valence-corrected chi connectivity index (χ2v) is 9.35. The number of halogens is 2. The van der Waals surface area contributed by atoms with Crippen LogP contribution >= 0.6 is 0 Å².